The molecule has 1 aromatic carbocycles. The van der Waals surface area contributed by atoms with Crippen molar-refractivity contribution in [1.82, 2.24) is 29.6 Å². The number of pyridine rings is 1. The lowest BCUT2D eigenvalue weighted by Gasteiger charge is -2.25. The molecule has 0 unspecified atom stereocenters. The summed E-state index contributed by atoms with van der Waals surface area (Å²) in [5.41, 5.74) is 2.80. The molecule has 4 aromatic rings. The Kier molecular flexibility index (Phi) is 4.60. The third kappa shape index (κ3) is 3.36. The van der Waals surface area contributed by atoms with Crippen LogP contribution in [0, 0.1) is 6.92 Å². The third-order valence-electron chi connectivity index (χ3n) is 4.43. The summed E-state index contributed by atoms with van der Waals surface area (Å²) in [7, 11) is 0. The van der Waals surface area contributed by atoms with Gasteiger partial charge in [-0.1, -0.05) is 23.4 Å². The molecule has 28 heavy (non-hydrogen) atoms. The van der Waals surface area contributed by atoms with Gasteiger partial charge in [0, 0.05) is 24.8 Å². The Morgan fingerprint density at radius 3 is 2.68 bits per heavy atom. The fraction of sp³-hybridized carbons (Fsp3) is 0.250. The van der Waals surface area contributed by atoms with Gasteiger partial charge in [-0.3, -0.25) is 9.36 Å². The molecule has 0 aliphatic heterocycles. The van der Waals surface area contributed by atoms with Gasteiger partial charge in [0.25, 0.3) is 5.91 Å². The van der Waals surface area contributed by atoms with Crippen molar-refractivity contribution in [3.63, 3.8) is 0 Å². The molecule has 0 saturated heterocycles. The highest BCUT2D eigenvalue weighted by Crippen LogP contribution is 2.19. The Labute approximate surface area is 161 Å². The molecule has 0 bridgehead atoms. The number of imidazole rings is 1. The van der Waals surface area contributed by atoms with Crippen LogP contribution in [-0.2, 0) is 6.54 Å². The highest BCUT2D eigenvalue weighted by atomic mass is 16.5. The predicted octanol–water partition coefficient (Wildman–Crippen LogP) is 3.16. The Hall–Kier alpha value is -3.55. The number of fused-ring (bicyclic) bond motifs is 1. The van der Waals surface area contributed by atoms with Crippen molar-refractivity contribution in [2.24, 2.45) is 0 Å². The van der Waals surface area contributed by atoms with Crippen molar-refractivity contribution >= 4 is 17.1 Å². The minimum Gasteiger partial charge on any atom is -0.340 e. The number of aromatic nitrogens is 5. The summed E-state index contributed by atoms with van der Waals surface area (Å²) in [5.74, 6) is 0.795. The molecule has 8 nitrogen and oxygen atoms in total. The highest BCUT2D eigenvalue weighted by molar-refractivity contribution is 5.96. The smallest absolute Gasteiger partial charge is 0.256 e. The van der Waals surface area contributed by atoms with E-state index in [9.17, 15) is 4.79 Å². The monoisotopic (exact) mass is 376 g/mol. The summed E-state index contributed by atoms with van der Waals surface area (Å²) in [6.45, 7) is 5.88. The largest absolute Gasteiger partial charge is 0.340 e. The number of nitrogens with zero attached hydrogens (tertiary/aromatic N) is 6. The second-order valence-electron chi connectivity index (χ2n) is 6.77. The van der Waals surface area contributed by atoms with Crippen LogP contribution in [0.4, 0.5) is 0 Å². The van der Waals surface area contributed by atoms with Crippen LogP contribution in [0.1, 0.15) is 35.9 Å². The van der Waals surface area contributed by atoms with Crippen LogP contribution in [0.15, 0.2) is 53.4 Å². The third-order valence-corrected chi connectivity index (χ3v) is 4.43. The Balaban J connectivity index is 1.65. The van der Waals surface area contributed by atoms with Gasteiger partial charge in [0.05, 0.1) is 12.1 Å². The molecule has 0 fully saturated rings. The van der Waals surface area contributed by atoms with Crippen LogP contribution in [0.3, 0.4) is 0 Å². The van der Waals surface area contributed by atoms with Gasteiger partial charge in [0.1, 0.15) is 11.8 Å². The molecule has 0 N–H and O–H groups in total. The van der Waals surface area contributed by atoms with E-state index in [0.717, 1.165) is 5.69 Å². The maximum atomic E-state index is 13.1. The van der Waals surface area contributed by atoms with Gasteiger partial charge in [0.15, 0.2) is 11.5 Å². The molecule has 142 valence electrons. The fourth-order valence-electron chi connectivity index (χ4n) is 3.01. The van der Waals surface area contributed by atoms with Gasteiger partial charge in [-0.25, -0.2) is 9.97 Å². The van der Waals surface area contributed by atoms with Crippen LogP contribution in [-0.4, -0.2) is 41.5 Å². The van der Waals surface area contributed by atoms with Gasteiger partial charge >= 0.3 is 0 Å². The zero-order chi connectivity index (χ0) is 19.7. The summed E-state index contributed by atoms with van der Waals surface area (Å²) >= 11 is 0. The topological polar surface area (TPSA) is 89.9 Å². The van der Waals surface area contributed by atoms with Crippen molar-refractivity contribution in [3.05, 3.63) is 66.2 Å². The first-order chi connectivity index (χ1) is 13.5. The second kappa shape index (κ2) is 7.22. The molecule has 0 aliphatic rings. The van der Waals surface area contributed by atoms with Gasteiger partial charge in [-0.05, 0) is 32.0 Å². The first kappa shape index (κ1) is 17.8. The van der Waals surface area contributed by atoms with E-state index in [4.69, 9.17) is 4.52 Å². The van der Waals surface area contributed by atoms with E-state index in [0.29, 0.717) is 28.4 Å². The van der Waals surface area contributed by atoms with Gasteiger partial charge in [-0.15, -0.1) is 0 Å². The number of aryl methyl sites for hydroxylation is 1. The number of carbonyl (C=O) groups excluding carboxylic acids is 1. The van der Waals surface area contributed by atoms with Gasteiger partial charge < -0.3 is 9.42 Å². The van der Waals surface area contributed by atoms with E-state index in [1.54, 1.807) is 30.4 Å². The lowest BCUT2D eigenvalue weighted by Crippen LogP contribution is -2.36. The predicted molar refractivity (Wildman–Crippen MR) is 103 cm³/mol. The Morgan fingerprint density at radius 2 is 2.00 bits per heavy atom. The van der Waals surface area contributed by atoms with E-state index in [-0.39, 0.29) is 18.5 Å². The van der Waals surface area contributed by atoms with Crippen LogP contribution in [0.5, 0.6) is 0 Å². The number of carbonyl (C=O) groups is 1. The number of rotatable bonds is 5. The summed E-state index contributed by atoms with van der Waals surface area (Å²) in [4.78, 5) is 27.9. The lowest BCUT2D eigenvalue weighted by molar-refractivity contribution is 0.0683. The number of hydrogen-bond acceptors (Lipinski definition) is 6. The minimum absolute atomic E-state index is 0.0381. The average molecular weight is 376 g/mol. The SMILES string of the molecule is Cc1nc(CN(C(=O)c2cnc3c(c2)ncn3-c2ccccc2)C(C)C)no1. The van der Waals surface area contributed by atoms with Crippen LogP contribution < -0.4 is 0 Å². The molecular formula is C20H20N6O2. The summed E-state index contributed by atoms with van der Waals surface area (Å²) < 4.78 is 6.90. The Morgan fingerprint density at radius 1 is 1.21 bits per heavy atom. The summed E-state index contributed by atoms with van der Waals surface area (Å²) in [5, 5.41) is 3.89. The van der Waals surface area contributed by atoms with Crippen LogP contribution >= 0.6 is 0 Å². The first-order valence-electron chi connectivity index (χ1n) is 9.01. The average Bonchev–Trinajstić information content (AvgIpc) is 3.31. The highest BCUT2D eigenvalue weighted by Gasteiger charge is 2.22. The Bertz CT molecular complexity index is 1120. The number of hydrogen-bond donors (Lipinski definition) is 0. The van der Waals surface area contributed by atoms with E-state index in [1.807, 2.05) is 48.7 Å². The van der Waals surface area contributed by atoms with Crippen molar-refractivity contribution in [2.45, 2.75) is 33.4 Å². The minimum atomic E-state index is -0.152. The molecule has 0 saturated carbocycles. The zero-order valence-corrected chi connectivity index (χ0v) is 15.9. The zero-order valence-electron chi connectivity index (χ0n) is 15.9. The van der Waals surface area contributed by atoms with Crippen molar-refractivity contribution in [3.8, 4) is 5.69 Å². The molecular weight excluding hydrogens is 356 g/mol. The van der Waals surface area contributed by atoms with E-state index in [2.05, 4.69) is 20.1 Å². The van der Waals surface area contributed by atoms with Gasteiger partial charge in [-0.2, -0.15) is 4.98 Å². The molecule has 0 spiro atoms. The lowest BCUT2D eigenvalue weighted by atomic mass is 10.2. The quantitative estimate of drug-likeness (QED) is 0.531. The molecule has 0 radical (unpaired) electrons. The number of amides is 1. The first-order valence-corrected chi connectivity index (χ1v) is 9.01. The van der Waals surface area contributed by atoms with Crippen molar-refractivity contribution in [2.75, 3.05) is 0 Å². The van der Waals surface area contributed by atoms with Crippen LogP contribution in [0.25, 0.3) is 16.9 Å². The molecule has 4 rings (SSSR count). The van der Waals surface area contributed by atoms with Crippen molar-refractivity contribution in [1.29, 1.82) is 0 Å². The summed E-state index contributed by atoms with van der Waals surface area (Å²) in [6.07, 6.45) is 3.30. The maximum Gasteiger partial charge on any atom is 0.256 e. The second-order valence-corrected chi connectivity index (χ2v) is 6.77. The maximum absolute atomic E-state index is 13.1. The van der Waals surface area contributed by atoms with E-state index >= 15 is 0 Å². The van der Waals surface area contributed by atoms with E-state index in [1.165, 1.54) is 0 Å². The van der Waals surface area contributed by atoms with Crippen LogP contribution in [0.2, 0.25) is 0 Å². The number of benzene rings is 1. The molecule has 3 heterocycles. The molecule has 3 aromatic heterocycles. The molecule has 0 aliphatic carbocycles. The standard InChI is InChI=1S/C20H20N6O2/c1-13(2)25(11-18-23-14(3)28-24-18)20(27)15-9-17-19(21-10-15)26(12-22-17)16-7-5-4-6-8-16/h4-10,12-13H,11H2,1-3H3. The van der Waals surface area contributed by atoms with Gasteiger partial charge in [0.2, 0.25) is 5.89 Å². The van der Waals surface area contributed by atoms with E-state index < -0.39 is 0 Å². The molecule has 1 amide bonds. The van der Waals surface area contributed by atoms with Crippen molar-refractivity contribution < 1.29 is 9.32 Å². The molecule has 0 atom stereocenters. The number of para-hydroxylation sites is 1. The fourth-order valence-corrected chi connectivity index (χ4v) is 3.01. The summed E-state index contributed by atoms with van der Waals surface area (Å²) in [6, 6.07) is 11.6. The molecule has 8 heteroatoms. The normalized spacial score (nSPS) is 11.3.